The Hall–Kier alpha value is -3.20. The molecule has 0 atom stereocenters. The molecule has 0 spiro atoms. The summed E-state index contributed by atoms with van der Waals surface area (Å²) in [5.74, 6) is 0.139. The molecular weight excluding hydrogens is 395 g/mol. The molecule has 3 rings (SSSR count). The van der Waals surface area contributed by atoms with Crippen LogP contribution in [0.1, 0.15) is 34.1 Å². The number of benzene rings is 1. The van der Waals surface area contributed by atoms with Crippen LogP contribution in [0.2, 0.25) is 0 Å². The van der Waals surface area contributed by atoms with Crippen molar-refractivity contribution in [1.29, 1.82) is 0 Å². The number of carbonyl (C=O) groups is 1. The van der Waals surface area contributed by atoms with Crippen molar-refractivity contribution >= 4 is 22.6 Å². The average Bonchev–Trinajstić information content (AvgIpc) is 2.71. The van der Waals surface area contributed by atoms with Gasteiger partial charge in [0.05, 0.1) is 23.3 Å². The highest BCUT2D eigenvalue weighted by atomic mass is 19.4. The second-order valence-corrected chi connectivity index (χ2v) is 6.97. The number of anilines is 1. The molecule has 9 heteroatoms. The lowest BCUT2D eigenvalue weighted by Crippen LogP contribution is -2.43. The van der Waals surface area contributed by atoms with Crippen LogP contribution < -0.4 is 5.73 Å². The van der Waals surface area contributed by atoms with Gasteiger partial charge in [-0.15, -0.1) is 0 Å². The number of nitrogens with zero attached hydrogens (tertiary/aromatic N) is 4. The smallest absolute Gasteiger partial charge is 0.383 e. The molecule has 0 aliphatic heterocycles. The van der Waals surface area contributed by atoms with Gasteiger partial charge in [0.2, 0.25) is 0 Å². The van der Waals surface area contributed by atoms with Gasteiger partial charge in [0.15, 0.2) is 0 Å². The Morgan fingerprint density at radius 1 is 1.17 bits per heavy atom. The number of amides is 1. The Morgan fingerprint density at radius 2 is 1.90 bits per heavy atom. The van der Waals surface area contributed by atoms with Gasteiger partial charge in [0.25, 0.3) is 5.91 Å². The largest absolute Gasteiger partial charge is 0.417 e. The average molecular weight is 417 g/mol. The van der Waals surface area contributed by atoms with Gasteiger partial charge in [-0.25, -0.2) is 9.99 Å². The Bertz CT molecular complexity index is 1070. The number of nitrogens with two attached hydrogens (primary N) is 1. The number of rotatable bonds is 5. The molecular formula is C21H22F3N5O. The van der Waals surface area contributed by atoms with E-state index in [9.17, 15) is 18.0 Å². The summed E-state index contributed by atoms with van der Waals surface area (Å²) in [5.41, 5.74) is 7.28. The van der Waals surface area contributed by atoms with Gasteiger partial charge in [0, 0.05) is 30.7 Å². The maximum atomic E-state index is 13.2. The van der Waals surface area contributed by atoms with E-state index in [2.05, 4.69) is 9.97 Å². The number of fused-ring (bicyclic) bond motifs is 1. The first kappa shape index (κ1) is 21.5. The summed E-state index contributed by atoms with van der Waals surface area (Å²) in [5, 5.41) is 3.92. The molecule has 0 radical (unpaired) electrons. The number of aromatic nitrogens is 2. The standard InChI is InChI=1S/C21H22F3N5O/c1-4-28(3)29(12-17-7-6-16(11-26-17)21(22,23)24)20(30)14-5-8-18-15(10-14)9-13(2)19(25)27-18/h5-11H,4,12H2,1-3H3,(H2,25,27). The number of hydrogen-bond acceptors (Lipinski definition) is 5. The molecule has 6 nitrogen and oxygen atoms in total. The number of nitrogen functional groups attached to an aromatic ring is 1. The third kappa shape index (κ3) is 4.51. The van der Waals surface area contributed by atoms with Crippen LogP contribution in [0.5, 0.6) is 0 Å². The molecule has 0 unspecified atom stereocenters. The molecule has 2 heterocycles. The first-order chi connectivity index (χ1) is 14.1. The van der Waals surface area contributed by atoms with Gasteiger partial charge in [-0.3, -0.25) is 14.8 Å². The van der Waals surface area contributed by atoms with E-state index in [1.165, 1.54) is 11.1 Å². The molecule has 3 aromatic rings. The fourth-order valence-electron chi connectivity index (χ4n) is 2.94. The van der Waals surface area contributed by atoms with Crippen LogP contribution in [-0.4, -0.2) is 39.5 Å². The second-order valence-electron chi connectivity index (χ2n) is 6.97. The lowest BCUT2D eigenvalue weighted by Gasteiger charge is -2.31. The molecule has 1 amide bonds. The molecule has 1 aromatic carbocycles. The summed E-state index contributed by atoms with van der Waals surface area (Å²) >= 11 is 0. The van der Waals surface area contributed by atoms with E-state index in [4.69, 9.17) is 5.73 Å². The SMILES string of the molecule is CCN(C)N(Cc1ccc(C(F)(F)F)cn1)C(=O)c1ccc2nc(N)c(C)cc2c1. The quantitative estimate of drug-likeness (QED) is 0.634. The van der Waals surface area contributed by atoms with Crippen LogP contribution in [0.25, 0.3) is 10.9 Å². The first-order valence-electron chi connectivity index (χ1n) is 9.32. The highest BCUT2D eigenvalue weighted by Crippen LogP contribution is 2.28. The Morgan fingerprint density at radius 3 is 2.50 bits per heavy atom. The van der Waals surface area contributed by atoms with Crippen LogP contribution in [-0.2, 0) is 12.7 Å². The molecule has 158 valence electrons. The topological polar surface area (TPSA) is 75.3 Å². The zero-order chi connectivity index (χ0) is 22.1. The van der Waals surface area contributed by atoms with Crippen LogP contribution in [0, 0.1) is 6.92 Å². The lowest BCUT2D eigenvalue weighted by atomic mass is 10.1. The van der Waals surface area contributed by atoms with Gasteiger partial charge < -0.3 is 5.73 Å². The molecule has 2 N–H and O–H groups in total. The second kappa shape index (κ2) is 8.27. The van der Waals surface area contributed by atoms with Gasteiger partial charge in [0.1, 0.15) is 5.82 Å². The molecule has 0 aliphatic rings. The van der Waals surface area contributed by atoms with E-state index < -0.39 is 11.7 Å². The van der Waals surface area contributed by atoms with Crippen LogP contribution >= 0.6 is 0 Å². The highest BCUT2D eigenvalue weighted by Gasteiger charge is 2.31. The summed E-state index contributed by atoms with van der Waals surface area (Å²) in [7, 11) is 1.73. The summed E-state index contributed by atoms with van der Waals surface area (Å²) in [6, 6.07) is 9.21. The van der Waals surface area contributed by atoms with Crippen molar-refractivity contribution in [2.75, 3.05) is 19.3 Å². The van der Waals surface area contributed by atoms with Crippen LogP contribution in [0.15, 0.2) is 42.6 Å². The third-order valence-electron chi connectivity index (χ3n) is 4.86. The van der Waals surface area contributed by atoms with Crippen molar-refractivity contribution in [1.82, 2.24) is 20.0 Å². The lowest BCUT2D eigenvalue weighted by molar-refractivity contribution is -0.137. The maximum absolute atomic E-state index is 13.2. The highest BCUT2D eigenvalue weighted by molar-refractivity contribution is 5.98. The minimum atomic E-state index is -4.46. The normalized spacial score (nSPS) is 11.8. The zero-order valence-electron chi connectivity index (χ0n) is 16.9. The van der Waals surface area contributed by atoms with Crippen LogP contribution in [0.3, 0.4) is 0 Å². The van der Waals surface area contributed by atoms with Gasteiger partial charge in [-0.05, 0) is 48.9 Å². The van der Waals surface area contributed by atoms with Crippen molar-refractivity contribution in [3.05, 3.63) is 65.0 Å². The molecule has 0 saturated carbocycles. The van der Waals surface area contributed by atoms with E-state index in [-0.39, 0.29) is 12.5 Å². The van der Waals surface area contributed by atoms with E-state index >= 15 is 0 Å². The zero-order valence-corrected chi connectivity index (χ0v) is 16.9. The predicted molar refractivity (Wildman–Crippen MR) is 108 cm³/mol. The van der Waals surface area contributed by atoms with E-state index in [0.717, 1.165) is 23.2 Å². The van der Waals surface area contributed by atoms with Crippen molar-refractivity contribution in [2.24, 2.45) is 0 Å². The molecule has 0 saturated heterocycles. The monoisotopic (exact) mass is 417 g/mol. The van der Waals surface area contributed by atoms with Crippen molar-refractivity contribution < 1.29 is 18.0 Å². The van der Waals surface area contributed by atoms with Crippen molar-refractivity contribution in [3.8, 4) is 0 Å². The van der Waals surface area contributed by atoms with E-state index in [1.807, 2.05) is 19.9 Å². The number of alkyl halides is 3. The Labute approximate surface area is 172 Å². The van der Waals surface area contributed by atoms with Crippen LogP contribution in [0.4, 0.5) is 19.0 Å². The third-order valence-corrected chi connectivity index (χ3v) is 4.86. The number of pyridine rings is 2. The fraction of sp³-hybridized carbons (Fsp3) is 0.286. The molecule has 0 aliphatic carbocycles. The number of aryl methyl sites for hydroxylation is 1. The first-order valence-corrected chi connectivity index (χ1v) is 9.32. The maximum Gasteiger partial charge on any atom is 0.417 e. The van der Waals surface area contributed by atoms with Crippen molar-refractivity contribution in [3.63, 3.8) is 0 Å². The molecule has 2 aromatic heterocycles. The number of hydrazine groups is 1. The Kier molecular flexibility index (Phi) is 5.93. The minimum absolute atomic E-state index is 0.0400. The molecule has 30 heavy (non-hydrogen) atoms. The number of hydrogen-bond donors (Lipinski definition) is 1. The van der Waals surface area contributed by atoms with Gasteiger partial charge in [-0.1, -0.05) is 6.92 Å². The Balaban J connectivity index is 1.90. The summed E-state index contributed by atoms with van der Waals surface area (Å²) < 4.78 is 38.3. The molecule has 0 bridgehead atoms. The molecule has 0 fully saturated rings. The van der Waals surface area contributed by atoms with Gasteiger partial charge >= 0.3 is 6.18 Å². The van der Waals surface area contributed by atoms with E-state index in [1.54, 1.807) is 30.3 Å². The van der Waals surface area contributed by atoms with Gasteiger partial charge in [-0.2, -0.15) is 13.2 Å². The van der Waals surface area contributed by atoms with E-state index in [0.29, 0.717) is 29.1 Å². The summed E-state index contributed by atoms with van der Waals surface area (Å²) in [6.45, 7) is 4.27. The summed E-state index contributed by atoms with van der Waals surface area (Å²) in [4.78, 5) is 21.4. The summed E-state index contributed by atoms with van der Waals surface area (Å²) in [6.07, 6.45) is -3.68. The fourth-order valence-corrected chi connectivity index (χ4v) is 2.94. The predicted octanol–water partition coefficient (Wildman–Crippen LogP) is 4.05. The minimum Gasteiger partial charge on any atom is -0.383 e. The number of halogens is 3. The van der Waals surface area contributed by atoms with Crippen molar-refractivity contribution in [2.45, 2.75) is 26.6 Å². The number of carbonyl (C=O) groups excluding carboxylic acids is 1.